The molecule has 3 amide bonds. The zero-order valence-corrected chi connectivity index (χ0v) is 23.7. The Morgan fingerprint density at radius 2 is 1.38 bits per heavy atom. The average molecular weight is 549 g/mol. The molecule has 7 nitrogen and oxygen atoms in total. The third-order valence-corrected chi connectivity index (χ3v) is 6.46. The van der Waals surface area contributed by atoms with E-state index in [2.05, 4.69) is 5.32 Å². The van der Waals surface area contributed by atoms with E-state index < -0.39 is 40.8 Å². The molecule has 3 aromatic carbocycles. The lowest BCUT2D eigenvalue weighted by Gasteiger charge is -2.38. The summed E-state index contributed by atoms with van der Waals surface area (Å²) in [7, 11) is 0. The monoisotopic (exact) mass is 548 g/mol. The van der Waals surface area contributed by atoms with E-state index in [1.165, 1.54) is 0 Å². The number of hydrogen-bond acceptors (Lipinski definition) is 5. The Balaban J connectivity index is 2.01. The summed E-state index contributed by atoms with van der Waals surface area (Å²) in [6.07, 6.45) is -1.51. The van der Waals surface area contributed by atoms with Crippen LogP contribution in [-0.4, -0.2) is 29.3 Å². The molecule has 0 aromatic heterocycles. The van der Waals surface area contributed by atoms with Crippen molar-refractivity contribution < 1.29 is 23.9 Å². The van der Waals surface area contributed by atoms with Crippen molar-refractivity contribution >= 4 is 35.4 Å². The molecule has 0 radical (unpaired) electrons. The molecule has 0 unspecified atom stereocenters. The molecular weight excluding hydrogens is 516 g/mol. The van der Waals surface area contributed by atoms with Crippen molar-refractivity contribution in [2.75, 3.05) is 4.90 Å². The first-order valence-corrected chi connectivity index (χ1v) is 13.1. The van der Waals surface area contributed by atoms with Crippen LogP contribution in [0.3, 0.4) is 0 Å². The van der Waals surface area contributed by atoms with Gasteiger partial charge in [0.15, 0.2) is 0 Å². The van der Waals surface area contributed by atoms with Crippen LogP contribution in [0.4, 0.5) is 15.3 Å². The number of nitrogens with zero attached hydrogens (tertiary/aromatic N) is 1. The number of amides is 3. The topological polar surface area (TPSA) is 84.9 Å². The first kappa shape index (κ1) is 28.2. The second kappa shape index (κ2) is 10.4. The van der Waals surface area contributed by atoms with Crippen LogP contribution >= 0.6 is 11.6 Å². The van der Waals surface area contributed by atoms with Gasteiger partial charge >= 0.3 is 12.2 Å². The zero-order valence-electron chi connectivity index (χ0n) is 22.9. The molecule has 1 N–H and O–H groups in total. The number of benzene rings is 3. The summed E-state index contributed by atoms with van der Waals surface area (Å²) in [5.41, 5.74) is -1.05. The lowest BCUT2D eigenvalue weighted by Crippen LogP contribution is -2.53. The second-order valence-corrected chi connectivity index (χ2v) is 11.9. The van der Waals surface area contributed by atoms with Gasteiger partial charge in [-0.05, 0) is 76.4 Å². The number of halogens is 1. The van der Waals surface area contributed by atoms with Gasteiger partial charge in [-0.25, -0.2) is 14.5 Å². The Labute approximate surface area is 234 Å². The minimum absolute atomic E-state index is 0.380. The second-order valence-electron chi connectivity index (χ2n) is 11.4. The van der Waals surface area contributed by atoms with Crippen molar-refractivity contribution in [3.63, 3.8) is 0 Å². The van der Waals surface area contributed by atoms with Gasteiger partial charge in [0, 0.05) is 5.02 Å². The number of hydrogen-bond donors (Lipinski definition) is 1. The fraction of sp³-hybridized carbons (Fsp3) is 0.323. The molecule has 1 aliphatic rings. The largest absolute Gasteiger partial charge is 0.444 e. The van der Waals surface area contributed by atoms with Crippen molar-refractivity contribution in [1.29, 1.82) is 0 Å². The summed E-state index contributed by atoms with van der Waals surface area (Å²) in [4.78, 5) is 42.6. The van der Waals surface area contributed by atoms with Crippen LogP contribution < -0.4 is 10.2 Å². The molecule has 0 saturated carbocycles. The fourth-order valence-electron chi connectivity index (χ4n) is 4.84. The predicted molar refractivity (Wildman–Crippen MR) is 151 cm³/mol. The van der Waals surface area contributed by atoms with Gasteiger partial charge < -0.3 is 14.8 Å². The number of anilines is 1. The molecule has 4 rings (SSSR count). The third kappa shape index (κ3) is 5.64. The summed E-state index contributed by atoms with van der Waals surface area (Å²) in [5, 5.41) is 3.46. The summed E-state index contributed by atoms with van der Waals surface area (Å²) >= 11 is 6.21. The molecule has 1 heterocycles. The number of carbonyl (C=O) groups excluding carboxylic acids is 3. The van der Waals surface area contributed by atoms with Gasteiger partial charge in [-0.1, -0.05) is 72.3 Å². The summed E-state index contributed by atoms with van der Waals surface area (Å²) in [5.74, 6) is -0.555. The van der Waals surface area contributed by atoms with Crippen LogP contribution in [-0.2, 0) is 19.7 Å². The smallest absolute Gasteiger partial charge is 0.421 e. The predicted octanol–water partition coefficient (Wildman–Crippen LogP) is 7.17. The van der Waals surface area contributed by atoms with Crippen molar-refractivity contribution in [3.8, 4) is 0 Å². The molecule has 0 bridgehead atoms. The number of rotatable bonds is 4. The minimum Gasteiger partial charge on any atom is -0.444 e. The maximum Gasteiger partial charge on any atom is 0.421 e. The number of imide groups is 1. The van der Waals surface area contributed by atoms with Gasteiger partial charge in [0.25, 0.3) is 5.91 Å². The normalized spacial score (nSPS) is 17.8. The van der Waals surface area contributed by atoms with Crippen LogP contribution in [0.15, 0.2) is 78.9 Å². The molecule has 204 valence electrons. The van der Waals surface area contributed by atoms with Crippen LogP contribution in [0.25, 0.3) is 0 Å². The highest BCUT2D eigenvalue weighted by Gasteiger charge is 2.60. The van der Waals surface area contributed by atoms with Crippen molar-refractivity contribution in [2.45, 2.75) is 64.2 Å². The van der Waals surface area contributed by atoms with E-state index in [1.807, 2.05) is 30.3 Å². The van der Waals surface area contributed by atoms with E-state index in [0.29, 0.717) is 27.4 Å². The first-order chi connectivity index (χ1) is 18.2. The lowest BCUT2D eigenvalue weighted by atomic mass is 9.67. The molecular formula is C31H33ClN2O5. The molecule has 39 heavy (non-hydrogen) atoms. The van der Waals surface area contributed by atoms with E-state index in [0.717, 1.165) is 4.90 Å². The first-order valence-electron chi connectivity index (χ1n) is 12.7. The summed E-state index contributed by atoms with van der Waals surface area (Å²) < 4.78 is 11.3. The number of alkyl carbamates (subject to hydrolysis) is 1. The van der Waals surface area contributed by atoms with Crippen LogP contribution in [0, 0.1) is 0 Å². The Morgan fingerprint density at radius 3 is 1.97 bits per heavy atom. The summed E-state index contributed by atoms with van der Waals surface area (Å²) in [6, 6.07) is 22.1. The van der Waals surface area contributed by atoms with Gasteiger partial charge in [-0.2, -0.15) is 0 Å². The van der Waals surface area contributed by atoms with E-state index in [-0.39, 0.29) is 0 Å². The van der Waals surface area contributed by atoms with Crippen molar-refractivity contribution in [1.82, 2.24) is 5.32 Å². The zero-order chi connectivity index (χ0) is 28.6. The van der Waals surface area contributed by atoms with E-state index in [1.54, 1.807) is 90.1 Å². The Morgan fingerprint density at radius 1 is 0.821 bits per heavy atom. The highest BCUT2D eigenvalue weighted by molar-refractivity contribution is 6.30. The molecule has 0 spiro atoms. The van der Waals surface area contributed by atoms with Gasteiger partial charge in [-0.15, -0.1) is 0 Å². The highest BCUT2D eigenvalue weighted by Crippen LogP contribution is 2.53. The SMILES string of the molecule is CC(C)(C)OC(=O)N[C@@H](c1ccc(Cl)cc1)[C@@]1(c2ccccc2)C(=O)N(C(=O)OC(C)(C)C)c2ccccc21. The third-order valence-electron chi connectivity index (χ3n) is 6.21. The minimum atomic E-state index is -1.54. The van der Waals surface area contributed by atoms with Gasteiger partial charge in [0.2, 0.25) is 0 Å². The van der Waals surface area contributed by atoms with Crippen LogP contribution in [0.2, 0.25) is 5.02 Å². The lowest BCUT2D eigenvalue weighted by molar-refractivity contribution is -0.122. The Kier molecular flexibility index (Phi) is 7.50. The molecule has 0 fully saturated rings. The average Bonchev–Trinajstić information content (AvgIpc) is 3.10. The van der Waals surface area contributed by atoms with Crippen LogP contribution in [0.5, 0.6) is 0 Å². The number of nitrogens with one attached hydrogen (secondary N) is 1. The molecule has 2 atom stereocenters. The molecule has 1 aliphatic heterocycles. The Hall–Kier alpha value is -3.84. The Bertz CT molecular complexity index is 1380. The number of para-hydroxylation sites is 1. The molecule has 8 heteroatoms. The molecule has 3 aromatic rings. The van der Waals surface area contributed by atoms with E-state index in [9.17, 15) is 14.4 Å². The van der Waals surface area contributed by atoms with E-state index in [4.69, 9.17) is 21.1 Å². The van der Waals surface area contributed by atoms with Gasteiger partial charge in [-0.3, -0.25) is 4.79 Å². The van der Waals surface area contributed by atoms with Gasteiger partial charge in [0.05, 0.1) is 11.7 Å². The van der Waals surface area contributed by atoms with E-state index >= 15 is 0 Å². The quantitative estimate of drug-likeness (QED) is 0.373. The summed E-state index contributed by atoms with van der Waals surface area (Å²) in [6.45, 7) is 10.5. The maximum atomic E-state index is 14.8. The van der Waals surface area contributed by atoms with Crippen LogP contribution in [0.1, 0.15) is 64.3 Å². The number of ether oxygens (including phenoxy) is 2. The number of carbonyl (C=O) groups is 3. The van der Waals surface area contributed by atoms with Gasteiger partial charge in [0.1, 0.15) is 16.6 Å². The highest BCUT2D eigenvalue weighted by atomic mass is 35.5. The molecule has 0 aliphatic carbocycles. The molecule has 0 saturated heterocycles. The fourth-order valence-corrected chi connectivity index (χ4v) is 4.97. The number of fused-ring (bicyclic) bond motifs is 1. The van der Waals surface area contributed by atoms with Crippen molar-refractivity contribution in [3.05, 3.63) is 101 Å². The van der Waals surface area contributed by atoms with Crippen molar-refractivity contribution in [2.24, 2.45) is 0 Å². The standard InChI is InChI=1S/C31H33ClN2O5/c1-29(2,3)38-27(36)33-25(20-16-18-22(32)19-17-20)31(21-12-8-7-9-13-21)23-14-10-11-15-24(23)34(26(31)35)28(37)39-30(4,5)6/h7-19,25H,1-6H3,(H,33,36)/t25-,31-/m0/s1. The maximum absolute atomic E-state index is 14.8.